The minimum Gasteiger partial charge on any atom is -0.461 e. The van der Waals surface area contributed by atoms with E-state index in [0.29, 0.717) is 16.0 Å². The summed E-state index contributed by atoms with van der Waals surface area (Å²) in [5.74, 6) is -4.98. The van der Waals surface area contributed by atoms with Crippen molar-refractivity contribution in [1.29, 1.82) is 0 Å². The lowest BCUT2D eigenvalue weighted by atomic mass is 9.92. The van der Waals surface area contributed by atoms with Crippen LogP contribution in [-0.2, 0) is 46.6 Å². The van der Waals surface area contributed by atoms with Gasteiger partial charge >= 0.3 is 24.2 Å². The molecule has 1 heterocycles. The van der Waals surface area contributed by atoms with E-state index in [1.54, 1.807) is 60.7 Å². The second-order valence-electron chi connectivity index (χ2n) is 13.5. The number of hydrogen-bond acceptors (Lipinski definition) is 8. The highest BCUT2D eigenvalue weighted by Crippen LogP contribution is 2.45. The predicted octanol–water partition coefficient (Wildman–Crippen LogP) is 6.20. The van der Waals surface area contributed by atoms with E-state index in [-0.39, 0.29) is 32.2 Å². The maximum atomic E-state index is 15.1. The quantitative estimate of drug-likeness (QED) is 0.114. The molecule has 0 aromatic heterocycles. The van der Waals surface area contributed by atoms with Gasteiger partial charge in [-0.2, -0.15) is 13.2 Å². The Bertz CT molecular complexity index is 2000. The van der Waals surface area contributed by atoms with Crippen molar-refractivity contribution < 1.29 is 51.4 Å². The molecule has 3 amide bonds. The van der Waals surface area contributed by atoms with Gasteiger partial charge in [0, 0.05) is 18.9 Å². The zero-order chi connectivity index (χ0) is 39.7. The Morgan fingerprint density at radius 1 is 0.750 bits per heavy atom. The highest BCUT2D eigenvalue weighted by Gasteiger charge is 2.67. The predicted molar refractivity (Wildman–Crippen MR) is 196 cm³/mol. The van der Waals surface area contributed by atoms with Crippen LogP contribution in [0, 0.1) is 0 Å². The first-order chi connectivity index (χ1) is 27.0. The summed E-state index contributed by atoms with van der Waals surface area (Å²) < 4.78 is 61.2. The summed E-state index contributed by atoms with van der Waals surface area (Å²) in [6.45, 7) is -1.76. The first-order valence-electron chi connectivity index (χ1n) is 18.1. The lowest BCUT2D eigenvalue weighted by Gasteiger charge is -2.39. The number of esters is 2. The number of rotatable bonds is 14. The summed E-state index contributed by atoms with van der Waals surface area (Å²) in [5, 5.41) is 4.37. The molecule has 11 nitrogen and oxygen atoms in total. The third-order valence-electron chi connectivity index (χ3n) is 9.95. The molecule has 56 heavy (non-hydrogen) atoms. The van der Waals surface area contributed by atoms with Crippen LogP contribution in [0.5, 0.6) is 0 Å². The van der Waals surface area contributed by atoms with E-state index in [1.165, 1.54) is 0 Å². The fraction of sp³-hybridized carbons (Fsp3) is 0.310. The van der Waals surface area contributed by atoms with Gasteiger partial charge in [0.15, 0.2) is 0 Å². The van der Waals surface area contributed by atoms with Crippen molar-refractivity contribution in [3.63, 3.8) is 0 Å². The van der Waals surface area contributed by atoms with Crippen molar-refractivity contribution in [2.24, 2.45) is 0 Å². The molecule has 6 rings (SSSR count). The minimum absolute atomic E-state index is 0.0759. The van der Waals surface area contributed by atoms with Crippen LogP contribution >= 0.6 is 0 Å². The molecule has 2 atom stereocenters. The fourth-order valence-corrected chi connectivity index (χ4v) is 7.14. The summed E-state index contributed by atoms with van der Waals surface area (Å²) in [6, 6.07) is 30.8. The number of ether oxygens (including phenoxy) is 3. The number of likely N-dealkylation sites (tertiary alicyclic amines) is 1. The lowest BCUT2D eigenvalue weighted by Crippen LogP contribution is -2.67. The van der Waals surface area contributed by atoms with E-state index in [0.717, 1.165) is 22.3 Å². The number of nitrogens with zero attached hydrogens (tertiary/aromatic N) is 1. The number of amides is 3. The van der Waals surface area contributed by atoms with Crippen LogP contribution in [0.25, 0.3) is 11.1 Å². The second kappa shape index (κ2) is 17.5. The third-order valence-corrected chi connectivity index (χ3v) is 9.95. The molecule has 0 unspecified atom stereocenters. The zero-order valence-electron chi connectivity index (χ0n) is 30.3. The molecular weight excluding hydrogens is 731 g/mol. The van der Waals surface area contributed by atoms with Gasteiger partial charge in [-0.15, -0.1) is 0 Å². The molecular formula is C42H40F3N3O8. The van der Waals surface area contributed by atoms with Crippen LogP contribution in [0.1, 0.15) is 53.9 Å². The second-order valence-corrected chi connectivity index (χ2v) is 13.5. The van der Waals surface area contributed by atoms with Crippen LogP contribution in [0.15, 0.2) is 109 Å². The molecule has 4 aromatic carbocycles. The van der Waals surface area contributed by atoms with Gasteiger partial charge in [-0.05, 0) is 52.6 Å². The Balaban J connectivity index is 1.11. The maximum absolute atomic E-state index is 15.1. The number of carbonyl (C=O) groups excluding carboxylic acids is 5. The van der Waals surface area contributed by atoms with Gasteiger partial charge in [-0.3, -0.25) is 14.4 Å². The lowest BCUT2D eigenvalue weighted by molar-refractivity contribution is -0.222. The van der Waals surface area contributed by atoms with Crippen molar-refractivity contribution in [3.05, 3.63) is 131 Å². The molecule has 1 aliphatic heterocycles. The molecule has 14 heteroatoms. The van der Waals surface area contributed by atoms with Crippen LogP contribution in [0.2, 0.25) is 0 Å². The summed E-state index contributed by atoms with van der Waals surface area (Å²) in [7, 11) is 0. The molecule has 1 saturated heterocycles. The van der Waals surface area contributed by atoms with Crippen molar-refractivity contribution in [2.75, 3.05) is 19.7 Å². The molecule has 2 aliphatic rings. The molecule has 2 N–H and O–H groups in total. The normalized spacial score (nSPS) is 16.6. The first-order valence-corrected chi connectivity index (χ1v) is 18.1. The van der Waals surface area contributed by atoms with E-state index >= 15 is 13.2 Å². The summed E-state index contributed by atoms with van der Waals surface area (Å²) in [6.07, 6.45) is -8.20. The Morgan fingerprint density at radius 3 is 1.89 bits per heavy atom. The highest BCUT2D eigenvalue weighted by atomic mass is 19.4. The largest absolute Gasteiger partial charge is 0.461 e. The molecule has 1 fully saturated rings. The van der Waals surface area contributed by atoms with Crippen LogP contribution in [0.3, 0.4) is 0 Å². The highest BCUT2D eigenvalue weighted by molar-refractivity contribution is 5.96. The molecule has 0 spiro atoms. The number of hydrogen-bond donors (Lipinski definition) is 2. The monoisotopic (exact) mass is 771 g/mol. The number of benzene rings is 4. The van der Waals surface area contributed by atoms with Gasteiger partial charge in [0.1, 0.15) is 32.4 Å². The number of carbonyl (C=O) groups is 5. The third kappa shape index (κ3) is 8.85. The Kier molecular flexibility index (Phi) is 12.4. The topological polar surface area (TPSA) is 140 Å². The standard InChI is InChI=1S/C42H40F3N3O8/c43-42(44,45)41(39(52)47-35(38(51)55-26-29-14-5-2-6-15-29)20-21-37(50)54-25-28-12-3-1-4-13-28)22-11-23-48(41)36(49)24-46-40(53)56-27-34-32-18-9-7-16-30(32)31-17-8-10-19-33(31)34/h1-10,12-19,34-35H,11,20-27H2,(H,46,53)(H,47,52)/t35-,41+/m1/s1. The van der Waals surface area contributed by atoms with E-state index in [9.17, 15) is 24.0 Å². The van der Waals surface area contributed by atoms with Gasteiger partial charge in [0.25, 0.3) is 5.91 Å². The summed E-state index contributed by atoms with van der Waals surface area (Å²) in [4.78, 5) is 66.3. The Hall–Kier alpha value is -6.18. The zero-order valence-corrected chi connectivity index (χ0v) is 30.3. The van der Waals surface area contributed by atoms with E-state index in [2.05, 4.69) is 10.6 Å². The van der Waals surface area contributed by atoms with Crippen LogP contribution < -0.4 is 10.6 Å². The van der Waals surface area contributed by atoms with Crippen molar-refractivity contribution >= 4 is 29.8 Å². The summed E-state index contributed by atoms with van der Waals surface area (Å²) in [5.41, 5.74) is 1.79. The number of alkyl carbamates (subject to hydrolysis) is 1. The van der Waals surface area contributed by atoms with Gasteiger partial charge in [-0.25, -0.2) is 9.59 Å². The average Bonchev–Trinajstić information content (AvgIpc) is 3.81. The Morgan fingerprint density at radius 2 is 1.30 bits per heavy atom. The SMILES string of the molecule is O=C(CC[C@@H](NC(=O)[C@]1(C(F)(F)F)CCCN1C(=O)CNC(=O)OCC1c2ccccc2-c2ccccc21)C(=O)OCc1ccccc1)OCc1ccccc1. The molecule has 4 aromatic rings. The number of halogens is 3. The number of fused-ring (bicyclic) bond motifs is 3. The fourth-order valence-electron chi connectivity index (χ4n) is 7.14. The van der Waals surface area contributed by atoms with E-state index < -0.39 is 80.0 Å². The van der Waals surface area contributed by atoms with Gasteiger partial charge in [-0.1, -0.05) is 109 Å². The number of nitrogens with one attached hydrogen (secondary N) is 2. The molecule has 1 aliphatic carbocycles. The Labute approximate surface area is 321 Å². The van der Waals surface area contributed by atoms with Crippen LogP contribution in [-0.4, -0.2) is 72.2 Å². The maximum Gasteiger partial charge on any atom is 0.420 e. The van der Waals surface area contributed by atoms with E-state index in [4.69, 9.17) is 14.2 Å². The minimum atomic E-state index is -5.29. The van der Waals surface area contributed by atoms with Crippen LogP contribution in [0.4, 0.5) is 18.0 Å². The van der Waals surface area contributed by atoms with Gasteiger partial charge in [0.05, 0.1) is 0 Å². The summed E-state index contributed by atoms with van der Waals surface area (Å²) >= 11 is 0. The smallest absolute Gasteiger partial charge is 0.420 e. The average molecular weight is 772 g/mol. The molecule has 0 bridgehead atoms. The van der Waals surface area contributed by atoms with Crippen molar-refractivity contribution in [2.45, 2.75) is 62.6 Å². The van der Waals surface area contributed by atoms with Crippen molar-refractivity contribution in [3.8, 4) is 11.1 Å². The number of alkyl halides is 3. The van der Waals surface area contributed by atoms with Crippen molar-refractivity contribution in [1.82, 2.24) is 15.5 Å². The molecule has 292 valence electrons. The molecule has 0 saturated carbocycles. The first kappa shape index (κ1) is 39.5. The van der Waals surface area contributed by atoms with Gasteiger partial charge < -0.3 is 29.7 Å². The van der Waals surface area contributed by atoms with Gasteiger partial charge in [0.2, 0.25) is 11.4 Å². The van der Waals surface area contributed by atoms with E-state index in [1.807, 2.05) is 48.5 Å². The molecule has 0 radical (unpaired) electrons.